The Morgan fingerprint density at radius 3 is 2.66 bits per heavy atom. The highest BCUT2D eigenvalue weighted by Crippen LogP contribution is 2.33. The number of halogens is 1. The normalized spacial score (nSPS) is 21.3. The first-order valence-electron chi connectivity index (χ1n) is 9.34. The first-order valence-corrected chi connectivity index (χ1v) is 11.5. The zero-order valence-electron chi connectivity index (χ0n) is 15.8. The van der Waals surface area contributed by atoms with Crippen LogP contribution < -0.4 is 5.32 Å². The van der Waals surface area contributed by atoms with Crippen LogP contribution in [0.1, 0.15) is 24.8 Å². The molecule has 2 amide bonds. The first kappa shape index (κ1) is 19.8. The van der Waals surface area contributed by atoms with Crippen LogP contribution in [-0.4, -0.2) is 48.5 Å². The number of nitrogens with zero attached hydrogens (tertiary/aromatic N) is 2. The van der Waals surface area contributed by atoms with Gasteiger partial charge in [0.05, 0.1) is 23.2 Å². The van der Waals surface area contributed by atoms with Crippen LogP contribution in [0.25, 0.3) is 10.8 Å². The van der Waals surface area contributed by atoms with Gasteiger partial charge in [0.25, 0.3) is 5.91 Å². The molecular formula is C20H20ClN3O4S. The molecule has 0 spiro atoms. The van der Waals surface area contributed by atoms with Crippen molar-refractivity contribution in [1.82, 2.24) is 5.01 Å². The number of benzene rings is 2. The van der Waals surface area contributed by atoms with Gasteiger partial charge in [-0.2, -0.15) is 5.10 Å². The molecule has 2 aliphatic rings. The third-order valence-electron chi connectivity index (χ3n) is 5.31. The molecule has 4 rings (SSSR count). The lowest BCUT2D eigenvalue weighted by atomic mass is 10.0. The summed E-state index contributed by atoms with van der Waals surface area (Å²) in [6.07, 6.45) is 0.682. The molecule has 0 aromatic heterocycles. The van der Waals surface area contributed by atoms with Crippen molar-refractivity contribution < 1.29 is 18.0 Å². The fraction of sp³-hybridized carbons (Fsp3) is 0.350. The van der Waals surface area contributed by atoms with Crippen molar-refractivity contribution in [3.8, 4) is 0 Å². The van der Waals surface area contributed by atoms with Gasteiger partial charge >= 0.3 is 0 Å². The van der Waals surface area contributed by atoms with Gasteiger partial charge in [-0.25, -0.2) is 13.4 Å². The van der Waals surface area contributed by atoms with E-state index in [1.165, 1.54) is 5.01 Å². The highest BCUT2D eigenvalue weighted by molar-refractivity contribution is 7.91. The average molecular weight is 434 g/mol. The van der Waals surface area contributed by atoms with Crippen LogP contribution in [-0.2, 0) is 19.4 Å². The molecule has 0 aliphatic carbocycles. The second-order valence-electron chi connectivity index (χ2n) is 7.39. The van der Waals surface area contributed by atoms with Crippen molar-refractivity contribution in [2.75, 3.05) is 16.8 Å². The van der Waals surface area contributed by atoms with Gasteiger partial charge in [-0.05, 0) is 25.0 Å². The molecule has 1 saturated heterocycles. The van der Waals surface area contributed by atoms with Gasteiger partial charge in [0.1, 0.15) is 5.71 Å². The number of rotatable bonds is 3. The van der Waals surface area contributed by atoms with E-state index in [4.69, 9.17) is 11.6 Å². The van der Waals surface area contributed by atoms with E-state index in [9.17, 15) is 18.0 Å². The van der Waals surface area contributed by atoms with E-state index in [1.54, 1.807) is 6.07 Å². The Labute approximate surface area is 173 Å². The lowest BCUT2D eigenvalue weighted by Gasteiger charge is -2.27. The van der Waals surface area contributed by atoms with Gasteiger partial charge in [-0.3, -0.25) is 9.59 Å². The molecule has 0 bridgehead atoms. The monoisotopic (exact) mass is 433 g/mol. The first-order chi connectivity index (χ1) is 13.7. The van der Waals surface area contributed by atoms with Gasteiger partial charge in [-0.15, -0.1) is 0 Å². The number of anilines is 1. The van der Waals surface area contributed by atoms with Gasteiger partial charge in [0, 0.05) is 28.6 Å². The molecule has 0 saturated carbocycles. The zero-order chi connectivity index (χ0) is 20.8. The van der Waals surface area contributed by atoms with Gasteiger partial charge in [0.2, 0.25) is 5.91 Å². The zero-order valence-corrected chi connectivity index (χ0v) is 17.4. The van der Waals surface area contributed by atoms with Crippen molar-refractivity contribution in [1.29, 1.82) is 0 Å². The summed E-state index contributed by atoms with van der Waals surface area (Å²) in [6.45, 7) is 1.86. The van der Waals surface area contributed by atoms with Gasteiger partial charge < -0.3 is 5.32 Å². The SMILES string of the molecule is Cc1cc(Cl)c2ccccc2c1NC(=O)C1=NN([C@H]2CCS(=O)(=O)C2)C(=O)CC1. The highest BCUT2D eigenvalue weighted by atomic mass is 35.5. The van der Waals surface area contributed by atoms with Crippen molar-refractivity contribution in [2.45, 2.75) is 32.2 Å². The average Bonchev–Trinajstić information content (AvgIpc) is 3.05. The largest absolute Gasteiger partial charge is 0.320 e. The summed E-state index contributed by atoms with van der Waals surface area (Å²) in [5.74, 6) is -0.734. The van der Waals surface area contributed by atoms with Gasteiger partial charge in [0.15, 0.2) is 9.84 Å². The Balaban J connectivity index is 1.63. The van der Waals surface area contributed by atoms with Crippen molar-refractivity contribution in [3.63, 3.8) is 0 Å². The van der Waals surface area contributed by atoms with Crippen LogP contribution in [0.5, 0.6) is 0 Å². The molecule has 2 aliphatic heterocycles. The van der Waals surface area contributed by atoms with Crippen LogP contribution >= 0.6 is 11.6 Å². The molecule has 152 valence electrons. The minimum Gasteiger partial charge on any atom is -0.320 e. The van der Waals surface area contributed by atoms with E-state index in [2.05, 4.69) is 10.4 Å². The molecule has 7 nitrogen and oxygen atoms in total. The minimum atomic E-state index is -3.16. The van der Waals surface area contributed by atoms with Crippen LogP contribution in [0.3, 0.4) is 0 Å². The second kappa shape index (κ2) is 7.42. The molecule has 2 heterocycles. The number of nitrogens with one attached hydrogen (secondary N) is 1. The summed E-state index contributed by atoms with van der Waals surface area (Å²) in [6, 6.07) is 8.79. The maximum atomic E-state index is 12.9. The molecule has 0 unspecified atom stereocenters. The van der Waals surface area contributed by atoms with Crippen LogP contribution in [0, 0.1) is 6.92 Å². The molecule has 1 fully saturated rings. The van der Waals surface area contributed by atoms with Crippen LogP contribution in [0.4, 0.5) is 5.69 Å². The number of hydrazone groups is 1. The van der Waals surface area contributed by atoms with E-state index in [0.717, 1.165) is 16.3 Å². The topological polar surface area (TPSA) is 95.9 Å². The van der Waals surface area contributed by atoms with Gasteiger partial charge in [-0.1, -0.05) is 35.9 Å². The lowest BCUT2D eigenvalue weighted by Crippen LogP contribution is -2.42. The Hall–Kier alpha value is -2.45. The summed E-state index contributed by atoms with van der Waals surface area (Å²) in [7, 11) is -3.16. The molecule has 1 N–H and O–H groups in total. The smallest absolute Gasteiger partial charge is 0.271 e. The van der Waals surface area contributed by atoms with Crippen LogP contribution in [0.2, 0.25) is 5.02 Å². The van der Waals surface area contributed by atoms with Crippen molar-refractivity contribution in [2.24, 2.45) is 5.10 Å². The Kier molecular flexibility index (Phi) is 5.08. The van der Waals surface area contributed by atoms with E-state index in [1.807, 2.05) is 31.2 Å². The molecule has 1 atom stereocenters. The Bertz CT molecular complexity index is 1160. The second-order valence-corrected chi connectivity index (χ2v) is 10.0. The molecule has 29 heavy (non-hydrogen) atoms. The Morgan fingerprint density at radius 1 is 1.24 bits per heavy atom. The predicted octanol–water partition coefficient (Wildman–Crippen LogP) is 2.91. The Morgan fingerprint density at radius 2 is 1.97 bits per heavy atom. The molecule has 0 radical (unpaired) electrons. The lowest BCUT2D eigenvalue weighted by molar-refractivity contribution is -0.133. The van der Waals surface area contributed by atoms with Crippen molar-refractivity contribution >= 4 is 55.4 Å². The molecule has 2 aromatic carbocycles. The summed E-state index contributed by atoms with van der Waals surface area (Å²) < 4.78 is 23.5. The molecular weight excluding hydrogens is 414 g/mol. The fourth-order valence-corrected chi connectivity index (χ4v) is 5.82. The maximum Gasteiger partial charge on any atom is 0.271 e. The standard InChI is InChI=1S/C20H20ClN3O4S/c1-12-10-16(21)14-4-2-3-5-15(14)19(12)22-20(26)17-6-7-18(25)24(23-17)13-8-9-29(27,28)11-13/h2-5,10,13H,6-9,11H2,1H3,(H,22,26)/t13-/m0/s1. The van der Waals surface area contributed by atoms with E-state index >= 15 is 0 Å². The number of fused-ring (bicyclic) bond motifs is 1. The molecule has 9 heteroatoms. The minimum absolute atomic E-state index is 0.0362. The fourth-order valence-electron chi connectivity index (χ4n) is 3.80. The number of carbonyl (C=O) groups is 2. The molecule has 2 aromatic rings. The third-order valence-corrected chi connectivity index (χ3v) is 7.37. The number of aryl methyl sites for hydroxylation is 1. The number of amides is 2. The van der Waals surface area contributed by atoms with Crippen molar-refractivity contribution in [3.05, 3.63) is 40.9 Å². The highest BCUT2D eigenvalue weighted by Gasteiger charge is 2.37. The number of carbonyl (C=O) groups excluding carboxylic acids is 2. The quantitative estimate of drug-likeness (QED) is 0.804. The number of sulfone groups is 1. The maximum absolute atomic E-state index is 12.9. The number of hydrogen-bond acceptors (Lipinski definition) is 5. The summed E-state index contributed by atoms with van der Waals surface area (Å²) >= 11 is 6.32. The number of hydrogen-bond donors (Lipinski definition) is 1. The third kappa shape index (κ3) is 3.86. The van der Waals surface area contributed by atoms with E-state index in [0.29, 0.717) is 17.1 Å². The predicted molar refractivity (Wildman–Crippen MR) is 113 cm³/mol. The van der Waals surface area contributed by atoms with E-state index in [-0.39, 0.29) is 36.0 Å². The summed E-state index contributed by atoms with van der Waals surface area (Å²) in [5.41, 5.74) is 1.67. The van der Waals surface area contributed by atoms with E-state index < -0.39 is 21.8 Å². The van der Waals surface area contributed by atoms with Crippen LogP contribution in [0.15, 0.2) is 35.4 Å². The summed E-state index contributed by atoms with van der Waals surface area (Å²) in [5, 5.41) is 10.6. The summed E-state index contributed by atoms with van der Waals surface area (Å²) in [4.78, 5) is 25.2.